The quantitative estimate of drug-likeness (QED) is 0.768. The van der Waals surface area contributed by atoms with Gasteiger partial charge in [-0.25, -0.2) is 4.79 Å². The molecule has 2 aromatic carbocycles. The molecule has 0 aliphatic rings. The minimum absolute atomic E-state index is 0.101. The van der Waals surface area contributed by atoms with Gasteiger partial charge in [0, 0.05) is 6.54 Å². The lowest BCUT2D eigenvalue weighted by Gasteiger charge is -2.18. The predicted molar refractivity (Wildman–Crippen MR) is 86.0 cm³/mol. The summed E-state index contributed by atoms with van der Waals surface area (Å²) >= 11 is 0. The molecular formula is C17H20N2O3. The van der Waals surface area contributed by atoms with Gasteiger partial charge in [-0.2, -0.15) is 0 Å². The van der Waals surface area contributed by atoms with Crippen LogP contribution in [0.4, 0.5) is 10.5 Å². The van der Waals surface area contributed by atoms with Gasteiger partial charge in [-0.1, -0.05) is 42.5 Å². The number of urea groups is 1. The molecule has 0 unspecified atom stereocenters. The summed E-state index contributed by atoms with van der Waals surface area (Å²) in [5.41, 5.74) is 1.64. The summed E-state index contributed by atoms with van der Waals surface area (Å²) in [7, 11) is 0. The van der Waals surface area contributed by atoms with E-state index in [9.17, 15) is 4.79 Å². The number of carbonyl (C=O) groups excluding carboxylic acids is 1. The highest BCUT2D eigenvalue weighted by molar-refractivity contribution is 5.90. The fraction of sp³-hybridized carbons (Fsp3) is 0.235. The zero-order chi connectivity index (χ0) is 15.8. The summed E-state index contributed by atoms with van der Waals surface area (Å²) in [6.07, 6.45) is -0.135. The first-order chi connectivity index (χ1) is 10.7. The molecular weight excluding hydrogens is 280 g/mol. The second kappa shape index (κ2) is 8.05. The van der Waals surface area contributed by atoms with Crippen molar-refractivity contribution in [1.29, 1.82) is 0 Å². The van der Waals surface area contributed by atoms with Crippen molar-refractivity contribution in [3.8, 4) is 5.75 Å². The fourth-order valence-corrected chi connectivity index (χ4v) is 1.99. The Labute approximate surface area is 129 Å². The number of rotatable bonds is 6. The van der Waals surface area contributed by atoms with Crippen LogP contribution >= 0.6 is 0 Å². The molecule has 0 aliphatic heterocycles. The maximum atomic E-state index is 11.7. The molecule has 5 heteroatoms. The standard InChI is InChI=1S/C17H20N2O3/c1-13(14-7-3-2-4-8-14)22-16-10-6-5-9-15(16)19-17(21)18-11-12-20/h2-10,13,20H,11-12H2,1H3,(H2,18,19,21)/t13-/m1/s1. The number of para-hydroxylation sites is 2. The number of carbonyl (C=O) groups is 1. The summed E-state index contributed by atoms with van der Waals surface area (Å²) in [5, 5.41) is 14.0. The van der Waals surface area contributed by atoms with Crippen molar-refractivity contribution in [3.05, 3.63) is 60.2 Å². The third-order valence-electron chi connectivity index (χ3n) is 3.11. The number of hydrogen-bond acceptors (Lipinski definition) is 3. The molecule has 116 valence electrons. The van der Waals surface area contributed by atoms with Crippen molar-refractivity contribution in [2.45, 2.75) is 13.0 Å². The summed E-state index contributed by atoms with van der Waals surface area (Å²) in [4.78, 5) is 11.7. The Hall–Kier alpha value is -2.53. The van der Waals surface area contributed by atoms with E-state index < -0.39 is 0 Å². The van der Waals surface area contributed by atoms with Crippen LogP contribution in [-0.4, -0.2) is 24.3 Å². The Bertz CT molecular complexity index is 602. The number of anilines is 1. The van der Waals surface area contributed by atoms with Crippen LogP contribution in [0.2, 0.25) is 0 Å². The monoisotopic (exact) mass is 300 g/mol. The molecule has 0 radical (unpaired) electrons. The fourth-order valence-electron chi connectivity index (χ4n) is 1.99. The number of nitrogens with one attached hydrogen (secondary N) is 2. The Morgan fingerprint density at radius 3 is 2.55 bits per heavy atom. The Morgan fingerprint density at radius 1 is 1.14 bits per heavy atom. The SMILES string of the molecule is C[C@@H](Oc1ccccc1NC(=O)NCCO)c1ccccc1. The number of aliphatic hydroxyl groups is 1. The third-order valence-corrected chi connectivity index (χ3v) is 3.11. The van der Waals surface area contributed by atoms with Gasteiger partial charge in [-0.05, 0) is 24.6 Å². The van der Waals surface area contributed by atoms with Crippen LogP contribution in [0.5, 0.6) is 5.75 Å². The van der Waals surface area contributed by atoms with Gasteiger partial charge in [0.25, 0.3) is 0 Å². The van der Waals surface area contributed by atoms with E-state index in [0.29, 0.717) is 11.4 Å². The lowest BCUT2D eigenvalue weighted by Crippen LogP contribution is -2.31. The van der Waals surface area contributed by atoms with E-state index in [1.165, 1.54) is 0 Å². The van der Waals surface area contributed by atoms with Gasteiger partial charge >= 0.3 is 6.03 Å². The smallest absolute Gasteiger partial charge is 0.319 e. The molecule has 1 atom stereocenters. The van der Waals surface area contributed by atoms with E-state index in [-0.39, 0.29) is 25.3 Å². The number of hydrogen-bond donors (Lipinski definition) is 3. The molecule has 0 aliphatic carbocycles. The zero-order valence-electron chi connectivity index (χ0n) is 12.5. The van der Waals surface area contributed by atoms with E-state index in [2.05, 4.69) is 10.6 Å². The van der Waals surface area contributed by atoms with Crippen LogP contribution in [-0.2, 0) is 0 Å². The van der Waals surface area contributed by atoms with Crippen LogP contribution in [0.3, 0.4) is 0 Å². The molecule has 3 N–H and O–H groups in total. The van der Waals surface area contributed by atoms with Crippen molar-refractivity contribution in [1.82, 2.24) is 5.32 Å². The lowest BCUT2D eigenvalue weighted by atomic mass is 10.1. The molecule has 0 heterocycles. The summed E-state index contributed by atoms with van der Waals surface area (Å²) in [5.74, 6) is 0.595. The highest BCUT2D eigenvalue weighted by Gasteiger charge is 2.11. The molecule has 0 saturated carbocycles. The molecule has 5 nitrogen and oxygen atoms in total. The second-order valence-electron chi connectivity index (χ2n) is 4.77. The number of amides is 2. The maximum absolute atomic E-state index is 11.7. The first-order valence-corrected chi connectivity index (χ1v) is 7.17. The Kier molecular flexibility index (Phi) is 5.80. The molecule has 0 saturated heterocycles. The van der Waals surface area contributed by atoms with E-state index in [1.54, 1.807) is 12.1 Å². The molecule has 0 fully saturated rings. The molecule has 0 spiro atoms. The third kappa shape index (κ3) is 4.49. The number of aliphatic hydroxyl groups excluding tert-OH is 1. The van der Waals surface area contributed by atoms with E-state index in [1.807, 2.05) is 49.4 Å². The van der Waals surface area contributed by atoms with Gasteiger partial charge in [0.1, 0.15) is 11.9 Å². The Morgan fingerprint density at radius 2 is 1.82 bits per heavy atom. The first-order valence-electron chi connectivity index (χ1n) is 7.17. The molecule has 2 aromatic rings. The van der Waals surface area contributed by atoms with Crippen LogP contribution in [0.25, 0.3) is 0 Å². The molecule has 0 aromatic heterocycles. The number of ether oxygens (including phenoxy) is 1. The van der Waals surface area contributed by atoms with E-state index in [4.69, 9.17) is 9.84 Å². The minimum atomic E-state index is -0.377. The summed E-state index contributed by atoms with van der Waals surface area (Å²) < 4.78 is 5.94. The van der Waals surface area contributed by atoms with Crippen LogP contribution in [0, 0.1) is 0 Å². The first kappa shape index (κ1) is 15.9. The highest BCUT2D eigenvalue weighted by Crippen LogP contribution is 2.28. The average molecular weight is 300 g/mol. The number of benzene rings is 2. The van der Waals surface area contributed by atoms with Crippen LogP contribution < -0.4 is 15.4 Å². The van der Waals surface area contributed by atoms with Crippen LogP contribution in [0.15, 0.2) is 54.6 Å². The van der Waals surface area contributed by atoms with Gasteiger partial charge in [0.15, 0.2) is 0 Å². The topological polar surface area (TPSA) is 70.6 Å². The van der Waals surface area contributed by atoms with Crippen molar-refractivity contribution < 1.29 is 14.6 Å². The van der Waals surface area contributed by atoms with Crippen molar-refractivity contribution in [2.24, 2.45) is 0 Å². The molecule has 2 rings (SSSR count). The van der Waals surface area contributed by atoms with Gasteiger partial charge in [0.2, 0.25) is 0 Å². The molecule has 2 amide bonds. The van der Waals surface area contributed by atoms with Crippen molar-refractivity contribution in [3.63, 3.8) is 0 Å². The maximum Gasteiger partial charge on any atom is 0.319 e. The van der Waals surface area contributed by atoms with Gasteiger partial charge in [-0.15, -0.1) is 0 Å². The van der Waals surface area contributed by atoms with Crippen molar-refractivity contribution in [2.75, 3.05) is 18.5 Å². The second-order valence-corrected chi connectivity index (χ2v) is 4.77. The van der Waals surface area contributed by atoms with Gasteiger partial charge < -0.3 is 20.5 Å². The van der Waals surface area contributed by atoms with Crippen molar-refractivity contribution >= 4 is 11.7 Å². The van der Waals surface area contributed by atoms with E-state index in [0.717, 1.165) is 5.56 Å². The predicted octanol–water partition coefficient (Wildman–Crippen LogP) is 2.94. The summed E-state index contributed by atoms with van der Waals surface area (Å²) in [6, 6.07) is 16.7. The minimum Gasteiger partial charge on any atom is -0.484 e. The van der Waals surface area contributed by atoms with Crippen LogP contribution in [0.1, 0.15) is 18.6 Å². The largest absolute Gasteiger partial charge is 0.484 e. The molecule has 22 heavy (non-hydrogen) atoms. The normalized spacial score (nSPS) is 11.5. The molecule has 0 bridgehead atoms. The highest BCUT2D eigenvalue weighted by atomic mass is 16.5. The summed E-state index contributed by atoms with van der Waals surface area (Å²) in [6.45, 7) is 2.06. The van der Waals surface area contributed by atoms with E-state index >= 15 is 0 Å². The van der Waals surface area contributed by atoms with Gasteiger partial charge in [0.05, 0.1) is 12.3 Å². The lowest BCUT2D eigenvalue weighted by molar-refractivity contribution is 0.227. The average Bonchev–Trinajstić information content (AvgIpc) is 2.55. The zero-order valence-corrected chi connectivity index (χ0v) is 12.5. The Balaban J connectivity index is 2.06. The van der Waals surface area contributed by atoms with Gasteiger partial charge in [-0.3, -0.25) is 0 Å².